The van der Waals surface area contributed by atoms with Gasteiger partial charge in [0, 0.05) is 31.8 Å². The fourth-order valence-corrected chi connectivity index (χ4v) is 3.44. The average molecular weight is 238 g/mol. The van der Waals surface area contributed by atoms with E-state index in [1.54, 1.807) is 0 Å². The molecule has 3 atom stereocenters. The van der Waals surface area contributed by atoms with Gasteiger partial charge in [-0.2, -0.15) is 0 Å². The summed E-state index contributed by atoms with van der Waals surface area (Å²) in [6.45, 7) is 2.56. The second-order valence-electron chi connectivity index (χ2n) is 5.69. The van der Waals surface area contributed by atoms with Crippen molar-refractivity contribution in [2.75, 3.05) is 19.8 Å². The maximum Gasteiger partial charge on any atom is 0.224 e. The smallest absolute Gasteiger partial charge is 0.224 e. The SMILES string of the molecule is O=C(NCC1CCOCC1)C1CC2CCC1N2. The summed E-state index contributed by atoms with van der Waals surface area (Å²) in [5.41, 5.74) is 0. The van der Waals surface area contributed by atoms with Gasteiger partial charge >= 0.3 is 0 Å². The highest BCUT2D eigenvalue weighted by atomic mass is 16.5. The van der Waals surface area contributed by atoms with E-state index in [1.165, 1.54) is 12.8 Å². The van der Waals surface area contributed by atoms with Gasteiger partial charge in [-0.3, -0.25) is 4.79 Å². The fourth-order valence-electron chi connectivity index (χ4n) is 3.44. The van der Waals surface area contributed by atoms with Crippen molar-refractivity contribution in [3.8, 4) is 0 Å². The quantitative estimate of drug-likeness (QED) is 0.760. The normalized spacial score (nSPS) is 37.3. The predicted molar refractivity (Wildman–Crippen MR) is 64.6 cm³/mol. The van der Waals surface area contributed by atoms with Crippen LogP contribution < -0.4 is 10.6 Å². The summed E-state index contributed by atoms with van der Waals surface area (Å²) >= 11 is 0. The van der Waals surface area contributed by atoms with Crippen LogP contribution in [0.1, 0.15) is 32.1 Å². The van der Waals surface area contributed by atoms with Crippen molar-refractivity contribution in [3.05, 3.63) is 0 Å². The molecule has 3 unspecified atom stereocenters. The van der Waals surface area contributed by atoms with Crippen LogP contribution in [0.25, 0.3) is 0 Å². The standard InChI is InChI=1S/C13H22N2O2/c16-13(11-7-10-1-2-12(11)15-10)14-8-9-3-5-17-6-4-9/h9-12,15H,1-8H2,(H,14,16). The van der Waals surface area contributed by atoms with E-state index >= 15 is 0 Å². The van der Waals surface area contributed by atoms with E-state index < -0.39 is 0 Å². The van der Waals surface area contributed by atoms with E-state index in [0.717, 1.165) is 39.0 Å². The van der Waals surface area contributed by atoms with Crippen LogP contribution in [0, 0.1) is 11.8 Å². The minimum absolute atomic E-state index is 0.230. The van der Waals surface area contributed by atoms with E-state index in [4.69, 9.17) is 4.74 Å². The molecule has 2 N–H and O–H groups in total. The van der Waals surface area contributed by atoms with Crippen molar-refractivity contribution in [1.29, 1.82) is 0 Å². The van der Waals surface area contributed by atoms with Crippen molar-refractivity contribution in [2.45, 2.75) is 44.2 Å². The Hall–Kier alpha value is -0.610. The maximum absolute atomic E-state index is 12.1. The van der Waals surface area contributed by atoms with Gasteiger partial charge in [-0.1, -0.05) is 0 Å². The summed E-state index contributed by atoms with van der Waals surface area (Å²) in [4.78, 5) is 12.1. The zero-order valence-corrected chi connectivity index (χ0v) is 10.3. The van der Waals surface area contributed by atoms with Crippen LogP contribution in [0.2, 0.25) is 0 Å². The van der Waals surface area contributed by atoms with Crippen LogP contribution in [0.4, 0.5) is 0 Å². The van der Waals surface area contributed by atoms with Crippen molar-refractivity contribution in [3.63, 3.8) is 0 Å². The molecule has 0 aromatic rings. The molecule has 0 aromatic heterocycles. The Morgan fingerprint density at radius 2 is 2.06 bits per heavy atom. The summed E-state index contributed by atoms with van der Waals surface area (Å²) < 4.78 is 5.32. The molecule has 0 radical (unpaired) electrons. The number of carbonyl (C=O) groups excluding carboxylic acids is 1. The number of rotatable bonds is 3. The highest BCUT2D eigenvalue weighted by Gasteiger charge is 2.42. The van der Waals surface area contributed by atoms with Gasteiger partial charge < -0.3 is 15.4 Å². The van der Waals surface area contributed by atoms with Gasteiger partial charge in [0.25, 0.3) is 0 Å². The fraction of sp³-hybridized carbons (Fsp3) is 0.923. The summed E-state index contributed by atoms with van der Waals surface area (Å²) in [5, 5.41) is 6.66. The molecule has 3 saturated heterocycles. The predicted octanol–water partition coefficient (Wildman–Crippen LogP) is 0.670. The number of amides is 1. The van der Waals surface area contributed by atoms with E-state index in [9.17, 15) is 4.79 Å². The number of hydrogen-bond acceptors (Lipinski definition) is 3. The molecule has 3 fully saturated rings. The topological polar surface area (TPSA) is 50.4 Å². The molecule has 3 aliphatic rings. The molecule has 17 heavy (non-hydrogen) atoms. The third kappa shape index (κ3) is 2.47. The first-order valence-corrected chi connectivity index (χ1v) is 6.94. The van der Waals surface area contributed by atoms with Crippen molar-refractivity contribution in [2.24, 2.45) is 11.8 Å². The first-order chi connectivity index (χ1) is 8.33. The van der Waals surface area contributed by atoms with Crippen LogP contribution in [-0.4, -0.2) is 37.7 Å². The first-order valence-electron chi connectivity index (χ1n) is 6.94. The van der Waals surface area contributed by atoms with E-state index in [-0.39, 0.29) is 11.8 Å². The molecule has 3 heterocycles. The lowest BCUT2D eigenvalue weighted by molar-refractivity contribution is -0.125. The van der Waals surface area contributed by atoms with Gasteiger partial charge in [-0.25, -0.2) is 0 Å². The Kier molecular flexibility index (Phi) is 3.34. The molecular weight excluding hydrogens is 216 g/mol. The maximum atomic E-state index is 12.1. The summed E-state index contributed by atoms with van der Waals surface area (Å²) in [5.74, 6) is 1.13. The molecule has 2 bridgehead atoms. The van der Waals surface area contributed by atoms with Crippen molar-refractivity contribution < 1.29 is 9.53 Å². The zero-order chi connectivity index (χ0) is 11.7. The zero-order valence-electron chi connectivity index (χ0n) is 10.3. The van der Waals surface area contributed by atoms with Crippen LogP contribution in [-0.2, 0) is 9.53 Å². The van der Waals surface area contributed by atoms with Crippen molar-refractivity contribution in [1.82, 2.24) is 10.6 Å². The number of nitrogens with one attached hydrogen (secondary N) is 2. The summed E-state index contributed by atoms with van der Waals surface area (Å²) in [6.07, 6.45) is 5.67. The highest BCUT2D eigenvalue weighted by molar-refractivity contribution is 5.80. The molecular formula is C13H22N2O2. The molecule has 0 aliphatic carbocycles. The Balaban J connectivity index is 1.44. The molecule has 0 saturated carbocycles. The molecule has 0 spiro atoms. The molecule has 96 valence electrons. The van der Waals surface area contributed by atoms with Gasteiger partial charge in [0.05, 0.1) is 5.92 Å². The van der Waals surface area contributed by atoms with Gasteiger partial charge in [0.1, 0.15) is 0 Å². The summed E-state index contributed by atoms with van der Waals surface area (Å²) in [6, 6.07) is 1.06. The average Bonchev–Trinajstić information content (AvgIpc) is 2.99. The van der Waals surface area contributed by atoms with Crippen LogP contribution >= 0.6 is 0 Å². The van der Waals surface area contributed by atoms with Gasteiger partial charge in [-0.15, -0.1) is 0 Å². The summed E-state index contributed by atoms with van der Waals surface area (Å²) in [7, 11) is 0. The lowest BCUT2D eigenvalue weighted by Crippen LogP contribution is -2.40. The van der Waals surface area contributed by atoms with E-state index in [0.29, 0.717) is 18.0 Å². The number of hydrogen-bond donors (Lipinski definition) is 2. The van der Waals surface area contributed by atoms with Crippen LogP contribution in [0.5, 0.6) is 0 Å². The minimum atomic E-state index is 0.230. The van der Waals surface area contributed by atoms with E-state index in [1.807, 2.05) is 0 Å². The third-order valence-electron chi connectivity index (χ3n) is 4.54. The molecule has 4 nitrogen and oxygen atoms in total. The van der Waals surface area contributed by atoms with Gasteiger partial charge in [0.15, 0.2) is 0 Å². The monoisotopic (exact) mass is 238 g/mol. The lowest BCUT2D eigenvalue weighted by Gasteiger charge is -2.24. The van der Waals surface area contributed by atoms with Crippen LogP contribution in [0.3, 0.4) is 0 Å². The second-order valence-corrected chi connectivity index (χ2v) is 5.69. The van der Waals surface area contributed by atoms with Gasteiger partial charge in [-0.05, 0) is 38.0 Å². The Morgan fingerprint density at radius 1 is 1.24 bits per heavy atom. The molecule has 1 amide bonds. The van der Waals surface area contributed by atoms with E-state index in [2.05, 4.69) is 10.6 Å². The first kappa shape index (κ1) is 11.5. The highest BCUT2D eigenvalue weighted by Crippen LogP contribution is 2.33. The Labute approximate surface area is 102 Å². The second kappa shape index (κ2) is 4.94. The lowest BCUT2D eigenvalue weighted by atomic mass is 9.88. The third-order valence-corrected chi connectivity index (χ3v) is 4.54. The van der Waals surface area contributed by atoms with Gasteiger partial charge in [0.2, 0.25) is 5.91 Å². The molecule has 0 aromatic carbocycles. The number of ether oxygens (including phenoxy) is 1. The number of fused-ring (bicyclic) bond motifs is 2. The Bertz CT molecular complexity index is 289. The number of carbonyl (C=O) groups is 1. The van der Waals surface area contributed by atoms with Crippen LogP contribution in [0.15, 0.2) is 0 Å². The molecule has 3 rings (SSSR count). The molecule has 3 aliphatic heterocycles. The molecule has 4 heteroatoms. The minimum Gasteiger partial charge on any atom is -0.381 e. The van der Waals surface area contributed by atoms with Crippen molar-refractivity contribution >= 4 is 5.91 Å². The largest absolute Gasteiger partial charge is 0.381 e. The Morgan fingerprint density at radius 3 is 2.71 bits per heavy atom.